The molecule has 2 aliphatic carbocycles. The van der Waals surface area contributed by atoms with Gasteiger partial charge in [0.1, 0.15) is 0 Å². The topological polar surface area (TPSA) is 26.3 Å². The van der Waals surface area contributed by atoms with Gasteiger partial charge in [-0.15, -0.1) is 0 Å². The van der Waals surface area contributed by atoms with Crippen LogP contribution in [0.25, 0.3) is 0 Å². The molecule has 2 fully saturated rings. The maximum absolute atomic E-state index is 11.4. The van der Waals surface area contributed by atoms with Gasteiger partial charge in [0, 0.05) is 0 Å². The Morgan fingerprint density at radius 3 is 2.39 bits per heavy atom. The molecule has 0 N–H and O–H groups in total. The zero-order chi connectivity index (χ0) is 13.6. The van der Waals surface area contributed by atoms with E-state index >= 15 is 0 Å². The molecule has 4 unspecified atom stereocenters. The van der Waals surface area contributed by atoms with Crippen LogP contribution in [-0.2, 0) is 9.53 Å². The van der Waals surface area contributed by atoms with Crippen LogP contribution < -0.4 is 0 Å². The minimum Gasteiger partial charge on any atom is -0.469 e. The smallest absolute Gasteiger partial charge is 0.306 e. The Bertz CT molecular complexity index is 334. The van der Waals surface area contributed by atoms with Gasteiger partial charge in [-0.3, -0.25) is 4.79 Å². The standard InChI is InChI=1S/C16H28O2/c1-11-6-7-12(15(11,2)3)8-13-9-16(13,4)10-14(17)18-5/h11-13H,6-10H2,1-5H3. The molecule has 0 bridgehead atoms. The molecule has 2 aliphatic rings. The number of hydrogen-bond acceptors (Lipinski definition) is 2. The van der Waals surface area contributed by atoms with Crippen LogP contribution in [0.1, 0.15) is 59.8 Å². The zero-order valence-corrected chi connectivity index (χ0v) is 12.6. The van der Waals surface area contributed by atoms with Crippen LogP contribution in [0, 0.1) is 28.6 Å². The second kappa shape index (κ2) is 4.54. The molecule has 0 radical (unpaired) electrons. The van der Waals surface area contributed by atoms with Gasteiger partial charge in [0.15, 0.2) is 0 Å². The summed E-state index contributed by atoms with van der Waals surface area (Å²) in [6, 6.07) is 0. The van der Waals surface area contributed by atoms with Gasteiger partial charge in [-0.05, 0) is 54.3 Å². The Balaban J connectivity index is 1.88. The molecule has 0 aromatic heterocycles. The Hall–Kier alpha value is -0.530. The van der Waals surface area contributed by atoms with Gasteiger partial charge in [0.25, 0.3) is 0 Å². The number of hydrogen-bond donors (Lipinski definition) is 0. The fourth-order valence-electron chi connectivity index (χ4n) is 3.85. The number of carbonyl (C=O) groups excluding carboxylic acids is 1. The van der Waals surface area contributed by atoms with E-state index in [1.54, 1.807) is 0 Å². The highest BCUT2D eigenvalue weighted by molar-refractivity contribution is 5.70. The lowest BCUT2D eigenvalue weighted by molar-refractivity contribution is -0.142. The molecule has 2 nitrogen and oxygen atoms in total. The molecular weight excluding hydrogens is 224 g/mol. The van der Waals surface area contributed by atoms with Crippen LogP contribution in [0.4, 0.5) is 0 Å². The van der Waals surface area contributed by atoms with Crippen LogP contribution in [-0.4, -0.2) is 13.1 Å². The number of ether oxygens (including phenoxy) is 1. The first-order valence-corrected chi connectivity index (χ1v) is 7.36. The van der Waals surface area contributed by atoms with Gasteiger partial charge in [-0.2, -0.15) is 0 Å². The summed E-state index contributed by atoms with van der Waals surface area (Å²) >= 11 is 0. The number of methoxy groups -OCH3 is 1. The van der Waals surface area contributed by atoms with Gasteiger partial charge in [0.05, 0.1) is 13.5 Å². The Morgan fingerprint density at radius 1 is 1.22 bits per heavy atom. The van der Waals surface area contributed by atoms with Crippen LogP contribution >= 0.6 is 0 Å². The lowest BCUT2D eigenvalue weighted by atomic mass is 9.74. The van der Waals surface area contributed by atoms with Crippen molar-refractivity contribution in [2.75, 3.05) is 7.11 Å². The molecule has 2 heteroatoms. The maximum Gasteiger partial charge on any atom is 0.306 e. The second-order valence-electron chi connectivity index (χ2n) is 7.54. The maximum atomic E-state index is 11.4. The lowest BCUT2D eigenvalue weighted by Crippen LogP contribution is -2.24. The number of esters is 1. The van der Waals surface area contributed by atoms with E-state index in [-0.39, 0.29) is 11.4 Å². The van der Waals surface area contributed by atoms with E-state index in [9.17, 15) is 4.79 Å². The fraction of sp³-hybridized carbons (Fsp3) is 0.938. The quantitative estimate of drug-likeness (QED) is 0.706. The summed E-state index contributed by atoms with van der Waals surface area (Å²) in [5, 5.41) is 0. The minimum atomic E-state index is -0.0425. The van der Waals surface area contributed by atoms with Crippen LogP contribution in [0.2, 0.25) is 0 Å². The Kier molecular flexibility index (Phi) is 3.50. The van der Waals surface area contributed by atoms with Gasteiger partial charge in [-0.25, -0.2) is 0 Å². The van der Waals surface area contributed by atoms with Crippen molar-refractivity contribution in [3.05, 3.63) is 0 Å². The Labute approximate surface area is 111 Å². The average molecular weight is 252 g/mol. The van der Waals surface area contributed by atoms with Crippen molar-refractivity contribution in [3.8, 4) is 0 Å². The van der Waals surface area contributed by atoms with Crippen molar-refractivity contribution >= 4 is 5.97 Å². The molecule has 4 atom stereocenters. The third kappa shape index (κ3) is 2.44. The molecule has 18 heavy (non-hydrogen) atoms. The molecular formula is C16H28O2. The van der Waals surface area contributed by atoms with Gasteiger partial charge in [0.2, 0.25) is 0 Å². The van der Waals surface area contributed by atoms with E-state index in [1.807, 2.05) is 0 Å². The van der Waals surface area contributed by atoms with Crippen molar-refractivity contribution in [1.29, 1.82) is 0 Å². The third-order valence-corrected chi connectivity index (χ3v) is 6.15. The fourth-order valence-corrected chi connectivity index (χ4v) is 3.85. The SMILES string of the molecule is COC(=O)CC1(C)CC1CC1CCC(C)C1(C)C. The minimum absolute atomic E-state index is 0.0425. The summed E-state index contributed by atoms with van der Waals surface area (Å²) in [7, 11) is 1.49. The summed E-state index contributed by atoms with van der Waals surface area (Å²) in [6.45, 7) is 9.49. The van der Waals surface area contributed by atoms with Crippen molar-refractivity contribution in [1.82, 2.24) is 0 Å². The lowest BCUT2D eigenvalue weighted by Gasteiger charge is -2.32. The van der Waals surface area contributed by atoms with Crippen molar-refractivity contribution in [2.45, 2.75) is 59.8 Å². The van der Waals surface area contributed by atoms with Crippen LogP contribution in [0.5, 0.6) is 0 Å². The largest absolute Gasteiger partial charge is 0.469 e. The molecule has 0 aromatic rings. The van der Waals surface area contributed by atoms with Gasteiger partial charge in [-0.1, -0.05) is 27.7 Å². The van der Waals surface area contributed by atoms with E-state index in [1.165, 1.54) is 32.8 Å². The molecule has 2 saturated carbocycles. The van der Waals surface area contributed by atoms with E-state index in [0.29, 0.717) is 11.8 Å². The summed E-state index contributed by atoms with van der Waals surface area (Å²) < 4.78 is 4.80. The second-order valence-corrected chi connectivity index (χ2v) is 7.54. The highest BCUT2D eigenvalue weighted by atomic mass is 16.5. The summed E-state index contributed by atoms with van der Waals surface area (Å²) in [6.07, 6.45) is 5.88. The van der Waals surface area contributed by atoms with Crippen LogP contribution in [0.15, 0.2) is 0 Å². The molecule has 0 saturated heterocycles. The number of carbonyl (C=O) groups is 1. The first kappa shape index (κ1) is 13.9. The van der Waals surface area contributed by atoms with E-state index in [2.05, 4.69) is 27.7 Å². The van der Waals surface area contributed by atoms with Crippen molar-refractivity contribution < 1.29 is 9.53 Å². The van der Waals surface area contributed by atoms with Crippen LogP contribution in [0.3, 0.4) is 0 Å². The van der Waals surface area contributed by atoms with E-state index in [0.717, 1.165) is 17.8 Å². The molecule has 0 spiro atoms. The molecule has 0 aromatic carbocycles. The molecule has 0 heterocycles. The number of rotatable bonds is 4. The predicted molar refractivity (Wildman–Crippen MR) is 73.1 cm³/mol. The zero-order valence-electron chi connectivity index (χ0n) is 12.6. The highest BCUT2D eigenvalue weighted by Gasteiger charge is 2.54. The predicted octanol–water partition coefficient (Wildman–Crippen LogP) is 4.04. The van der Waals surface area contributed by atoms with Crippen molar-refractivity contribution in [3.63, 3.8) is 0 Å². The first-order chi connectivity index (χ1) is 8.29. The summed E-state index contributed by atoms with van der Waals surface area (Å²) in [5.74, 6) is 2.38. The first-order valence-electron chi connectivity index (χ1n) is 7.36. The normalized spacial score (nSPS) is 41.7. The molecule has 104 valence electrons. The molecule has 0 amide bonds. The van der Waals surface area contributed by atoms with Gasteiger partial charge >= 0.3 is 5.97 Å². The summed E-state index contributed by atoms with van der Waals surface area (Å²) in [5.41, 5.74) is 0.712. The average Bonchev–Trinajstić information content (AvgIpc) is 2.85. The monoisotopic (exact) mass is 252 g/mol. The van der Waals surface area contributed by atoms with Crippen molar-refractivity contribution in [2.24, 2.45) is 28.6 Å². The van der Waals surface area contributed by atoms with Gasteiger partial charge < -0.3 is 4.74 Å². The Morgan fingerprint density at radius 2 is 1.89 bits per heavy atom. The third-order valence-electron chi connectivity index (χ3n) is 6.15. The molecule has 2 rings (SSSR count). The molecule has 0 aliphatic heterocycles. The van der Waals surface area contributed by atoms with E-state index < -0.39 is 0 Å². The van der Waals surface area contributed by atoms with E-state index in [4.69, 9.17) is 4.74 Å². The highest BCUT2D eigenvalue weighted by Crippen LogP contribution is 2.61. The summed E-state index contributed by atoms with van der Waals surface area (Å²) in [4.78, 5) is 11.4.